The fourth-order valence-electron chi connectivity index (χ4n) is 8.30. The Balaban J connectivity index is 1.19. The van der Waals surface area contributed by atoms with Crippen LogP contribution in [0, 0.1) is 23.2 Å². The Morgan fingerprint density at radius 2 is 1.76 bits per heavy atom. The van der Waals surface area contributed by atoms with Gasteiger partial charge < -0.3 is 15.5 Å². The van der Waals surface area contributed by atoms with E-state index in [4.69, 9.17) is 0 Å². The Labute approximate surface area is 226 Å². The zero-order valence-electron chi connectivity index (χ0n) is 23.6. The van der Waals surface area contributed by atoms with Crippen LogP contribution in [0.2, 0.25) is 0 Å². The molecule has 0 unspecified atom stereocenters. The second kappa shape index (κ2) is 13.5. The highest BCUT2D eigenvalue weighted by Gasteiger charge is 2.56. The first-order valence-electron chi connectivity index (χ1n) is 15.7. The third-order valence-electron chi connectivity index (χ3n) is 10.4. The Bertz CT molecular complexity index is 869. The molecule has 1 aromatic carbocycles. The second-order valence-corrected chi connectivity index (χ2v) is 12.8. The Morgan fingerprint density at radius 1 is 1.00 bits per heavy atom. The summed E-state index contributed by atoms with van der Waals surface area (Å²) in [4.78, 5) is 11.8. The lowest BCUT2D eigenvalue weighted by atomic mass is 9.52. The lowest BCUT2D eigenvalue weighted by molar-refractivity contribution is -0.121. The molecular formula is C33H53NO3. The van der Waals surface area contributed by atoms with Crippen LogP contribution in [0.1, 0.15) is 134 Å². The van der Waals surface area contributed by atoms with Gasteiger partial charge in [-0.25, -0.2) is 0 Å². The molecule has 4 nitrogen and oxygen atoms in total. The summed E-state index contributed by atoms with van der Waals surface area (Å²) in [5.41, 5.74) is 2.97. The van der Waals surface area contributed by atoms with Gasteiger partial charge in [0.2, 0.25) is 5.91 Å². The SMILES string of the molecule is CCCCCC(=O)NCCCCCCCCC[C@@H]1Cc2cc(O)ccc2[C@H]2CC[C@]3(C)[C@@H](O)CC[C@H]3[C@H]12. The first kappa shape index (κ1) is 28.5. The van der Waals surface area contributed by atoms with Gasteiger partial charge in [0.15, 0.2) is 0 Å². The molecule has 0 aromatic heterocycles. The maximum absolute atomic E-state index is 11.8. The van der Waals surface area contributed by atoms with E-state index < -0.39 is 0 Å². The molecular weight excluding hydrogens is 458 g/mol. The number of aromatic hydroxyl groups is 1. The van der Waals surface area contributed by atoms with Crippen molar-refractivity contribution in [2.24, 2.45) is 23.2 Å². The molecule has 3 N–H and O–H groups in total. The molecule has 3 aliphatic rings. The van der Waals surface area contributed by atoms with E-state index in [0.717, 1.165) is 51.5 Å². The van der Waals surface area contributed by atoms with Gasteiger partial charge in [0.1, 0.15) is 5.75 Å². The number of nitrogens with one attached hydrogen (secondary N) is 1. The van der Waals surface area contributed by atoms with E-state index in [1.807, 2.05) is 12.1 Å². The maximum atomic E-state index is 11.8. The van der Waals surface area contributed by atoms with Crippen LogP contribution in [0.15, 0.2) is 18.2 Å². The van der Waals surface area contributed by atoms with E-state index in [2.05, 4.69) is 25.2 Å². The van der Waals surface area contributed by atoms with Crippen LogP contribution in [0.4, 0.5) is 0 Å². The molecule has 208 valence electrons. The number of amides is 1. The molecule has 1 aromatic rings. The first-order chi connectivity index (χ1) is 17.9. The number of phenolic OH excluding ortho intramolecular Hbond substituents is 1. The van der Waals surface area contributed by atoms with Gasteiger partial charge in [0.05, 0.1) is 6.10 Å². The van der Waals surface area contributed by atoms with Crippen LogP contribution in [0.5, 0.6) is 5.75 Å². The maximum Gasteiger partial charge on any atom is 0.219 e. The summed E-state index contributed by atoms with van der Waals surface area (Å²) in [6.07, 6.45) is 19.5. The van der Waals surface area contributed by atoms with Crippen molar-refractivity contribution in [2.75, 3.05) is 6.54 Å². The van der Waals surface area contributed by atoms with Gasteiger partial charge in [-0.05, 0) is 104 Å². The smallest absolute Gasteiger partial charge is 0.219 e. The van der Waals surface area contributed by atoms with Crippen molar-refractivity contribution in [1.82, 2.24) is 5.32 Å². The summed E-state index contributed by atoms with van der Waals surface area (Å²) in [5, 5.41) is 24.1. The van der Waals surface area contributed by atoms with Crippen LogP contribution < -0.4 is 5.32 Å². The van der Waals surface area contributed by atoms with E-state index in [-0.39, 0.29) is 17.4 Å². The largest absolute Gasteiger partial charge is 0.508 e. The van der Waals surface area contributed by atoms with E-state index in [0.29, 0.717) is 35.8 Å². The Morgan fingerprint density at radius 3 is 2.54 bits per heavy atom. The number of phenols is 1. The number of aliphatic hydroxyl groups is 1. The number of carbonyl (C=O) groups is 1. The van der Waals surface area contributed by atoms with Crippen molar-refractivity contribution in [3.05, 3.63) is 29.3 Å². The number of fused-ring (bicyclic) bond motifs is 5. The molecule has 0 radical (unpaired) electrons. The average molecular weight is 512 g/mol. The van der Waals surface area contributed by atoms with Gasteiger partial charge in [0.25, 0.3) is 0 Å². The van der Waals surface area contributed by atoms with E-state index >= 15 is 0 Å². The molecule has 1 amide bonds. The first-order valence-corrected chi connectivity index (χ1v) is 15.7. The van der Waals surface area contributed by atoms with Crippen molar-refractivity contribution in [1.29, 1.82) is 0 Å². The molecule has 0 heterocycles. The average Bonchev–Trinajstić information content (AvgIpc) is 3.19. The van der Waals surface area contributed by atoms with Crippen LogP contribution in [0.3, 0.4) is 0 Å². The quantitative estimate of drug-likeness (QED) is 0.225. The van der Waals surface area contributed by atoms with Gasteiger partial charge in [0, 0.05) is 13.0 Å². The van der Waals surface area contributed by atoms with Crippen LogP contribution in [-0.2, 0) is 11.2 Å². The highest BCUT2D eigenvalue weighted by atomic mass is 16.3. The topological polar surface area (TPSA) is 69.6 Å². The Kier molecular flexibility index (Phi) is 10.4. The molecule has 37 heavy (non-hydrogen) atoms. The van der Waals surface area contributed by atoms with Crippen molar-refractivity contribution in [3.63, 3.8) is 0 Å². The lowest BCUT2D eigenvalue weighted by Crippen LogP contribution is -2.47. The molecule has 3 aliphatic carbocycles. The zero-order chi connectivity index (χ0) is 26.3. The zero-order valence-corrected chi connectivity index (χ0v) is 23.6. The van der Waals surface area contributed by atoms with E-state index in [1.165, 1.54) is 68.9 Å². The number of carbonyl (C=O) groups excluding carboxylic acids is 1. The molecule has 6 atom stereocenters. The fraction of sp³-hybridized carbons (Fsp3) is 0.788. The molecule has 4 heteroatoms. The summed E-state index contributed by atoms with van der Waals surface area (Å²) >= 11 is 0. The minimum Gasteiger partial charge on any atom is -0.508 e. The third-order valence-corrected chi connectivity index (χ3v) is 10.4. The molecule has 0 spiro atoms. The monoisotopic (exact) mass is 511 g/mol. The fourth-order valence-corrected chi connectivity index (χ4v) is 8.30. The molecule has 4 rings (SSSR count). The van der Waals surface area contributed by atoms with Crippen molar-refractivity contribution >= 4 is 5.91 Å². The summed E-state index contributed by atoms with van der Waals surface area (Å²) < 4.78 is 0. The van der Waals surface area contributed by atoms with Crippen LogP contribution in [-0.4, -0.2) is 28.8 Å². The predicted octanol–water partition coefficient (Wildman–Crippen LogP) is 7.65. The molecule has 0 saturated heterocycles. The number of unbranched alkanes of at least 4 members (excludes halogenated alkanes) is 8. The highest BCUT2D eigenvalue weighted by molar-refractivity contribution is 5.75. The summed E-state index contributed by atoms with van der Waals surface area (Å²) in [5.74, 6) is 3.23. The summed E-state index contributed by atoms with van der Waals surface area (Å²) in [6, 6.07) is 6.11. The number of benzene rings is 1. The number of rotatable bonds is 14. The minimum absolute atomic E-state index is 0.100. The van der Waals surface area contributed by atoms with E-state index in [9.17, 15) is 15.0 Å². The number of hydrogen-bond donors (Lipinski definition) is 3. The number of aliphatic hydroxyl groups excluding tert-OH is 1. The summed E-state index contributed by atoms with van der Waals surface area (Å²) in [7, 11) is 0. The molecule has 2 fully saturated rings. The molecule has 0 aliphatic heterocycles. The molecule has 0 bridgehead atoms. The molecule has 2 saturated carbocycles. The predicted molar refractivity (Wildman–Crippen MR) is 152 cm³/mol. The van der Waals surface area contributed by atoms with Gasteiger partial charge >= 0.3 is 0 Å². The van der Waals surface area contributed by atoms with Gasteiger partial charge in [-0.3, -0.25) is 4.79 Å². The van der Waals surface area contributed by atoms with Gasteiger partial charge in [-0.15, -0.1) is 0 Å². The minimum atomic E-state index is -0.130. The van der Waals surface area contributed by atoms with Gasteiger partial charge in [-0.2, -0.15) is 0 Å². The van der Waals surface area contributed by atoms with Gasteiger partial charge in [-0.1, -0.05) is 71.3 Å². The lowest BCUT2D eigenvalue weighted by Gasteiger charge is -2.53. The highest BCUT2D eigenvalue weighted by Crippen LogP contribution is 2.62. The summed E-state index contributed by atoms with van der Waals surface area (Å²) in [6.45, 7) is 5.37. The van der Waals surface area contributed by atoms with Crippen molar-refractivity contribution in [3.8, 4) is 5.75 Å². The van der Waals surface area contributed by atoms with Crippen LogP contribution >= 0.6 is 0 Å². The third kappa shape index (κ3) is 6.91. The van der Waals surface area contributed by atoms with Crippen LogP contribution in [0.25, 0.3) is 0 Å². The normalized spacial score (nSPS) is 30.4. The Hall–Kier alpha value is -1.55. The van der Waals surface area contributed by atoms with E-state index in [1.54, 1.807) is 0 Å². The van der Waals surface area contributed by atoms with Crippen molar-refractivity contribution in [2.45, 2.75) is 135 Å². The van der Waals surface area contributed by atoms with Crippen molar-refractivity contribution < 1.29 is 15.0 Å². The standard InChI is InChI=1S/C33H53NO3/c1-3-4-10-14-31(37)34-21-12-9-7-5-6-8-11-13-24-22-25-23-26(35)15-16-27(25)28-19-20-33(2)29(32(24)28)17-18-30(33)36/h15-16,23-24,28-30,32,35-36H,3-14,17-22H2,1-2H3,(H,34,37)/t24-,28-,29+,30+,32-,33+/m1/s1. The second-order valence-electron chi connectivity index (χ2n) is 12.8. The number of hydrogen-bond acceptors (Lipinski definition) is 3.